The van der Waals surface area contributed by atoms with Crippen LogP contribution in [0.5, 0.6) is 0 Å². The Morgan fingerprint density at radius 2 is 1.70 bits per heavy atom. The average molecular weight is 530 g/mol. The molecule has 0 atom stereocenters. The van der Waals surface area contributed by atoms with Crippen LogP contribution >= 0.6 is 58.8 Å². The molecule has 8 heteroatoms. The number of amides is 1. The Balaban J connectivity index is 1.54. The Bertz CT molecular complexity index is 1460. The van der Waals surface area contributed by atoms with Gasteiger partial charge < -0.3 is 4.57 Å². The molecule has 2 heterocycles. The number of carbonyl (C=O) groups excluding carboxylic acids is 1. The Labute approximate surface area is 215 Å². The fraction of sp³-hybridized carbons (Fsp3) is 0.0400. The highest BCUT2D eigenvalue weighted by Gasteiger charge is 2.34. The number of fused-ring (bicyclic) bond motifs is 1. The fourth-order valence-corrected chi connectivity index (χ4v) is 5.77. The number of carbonyl (C=O) groups is 1. The van der Waals surface area contributed by atoms with Gasteiger partial charge in [0.05, 0.1) is 15.6 Å². The fourth-order valence-electron chi connectivity index (χ4n) is 3.81. The number of rotatable bonds is 4. The molecule has 1 aliphatic heterocycles. The van der Waals surface area contributed by atoms with E-state index in [1.54, 1.807) is 18.2 Å². The van der Waals surface area contributed by atoms with Gasteiger partial charge in [0.25, 0.3) is 5.91 Å². The van der Waals surface area contributed by atoms with Gasteiger partial charge in [-0.2, -0.15) is 0 Å². The molecular weight excluding hydrogens is 515 g/mol. The van der Waals surface area contributed by atoms with Gasteiger partial charge in [-0.1, -0.05) is 95.2 Å². The first-order valence-corrected chi connectivity index (χ1v) is 12.3. The Kier molecular flexibility index (Phi) is 6.25. The third-order valence-electron chi connectivity index (χ3n) is 5.35. The monoisotopic (exact) mass is 528 g/mol. The second kappa shape index (κ2) is 9.16. The van der Waals surface area contributed by atoms with Crippen LogP contribution < -0.4 is 4.90 Å². The highest BCUT2D eigenvalue weighted by Crippen LogP contribution is 2.40. The van der Waals surface area contributed by atoms with Crippen LogP contribution in [0.25, 0.3) is 17.0 Å². The second-order valence-electron chi connectivity index (χ2n) is 7.43. The van der Waals surface area contributed by atoms with Gasteiger partial charge in [0, 0.05) is 39.3 Å². The number of hydrogen-bond donors (Lipinski definition) is 0. The predicted molar refractivity (Wildman–Crippen MR) is 145 cm³/mol. The van der Waals surface area contributed by atoms with Crippen LogP contribution in [0, 0.1) is 0 Å². The van der Waals surface area contributed by atoms with Crippen LogP contribution in [0.15, 0.2) is 77.8 Å². The van der Waals surface area contributed by atoms with Gasteiger partial charge in [-0.3, -0.25) is 9.69 Å². The van der Waals surface area contributed by atoms with E-state index in [0.29, 0.717) is 31.5 Å². The van der Waals surface area contributed by atoms with Gasteiger partial charge in [0.1, 0.15) is 0 Å². The maximum atomic E-state index is 13.3. The summed E-state index contributed by atoms with van der Waals surface area (Å²) in [5, 5.41) is 2.63. The van der Waals surface area contributed by atoms with Crippen molar-refractivity contribution in [2.45, 2.75) is 6.54 Å². The van der Waals surface area contributed by atoms with Crippen LogP contribution in [0.4, 0.5) is 5.69 Å². The van der Waals surface area contributed by atoms with E-state index >= 15 is 0 Å². The standard InChI is InChI=1S/C25H15Cl3N2OS2/c26-17-9-10-22(20(28)12-17)30-24(31)23(33-25(30)32)11-16-14-29(21-8-4-2-6-18(16)21)13-15-5-1-3-7-19(15)27/h1-12,14H,13H2/b23-11-. The van der Waals surface area contributed by atoms with Crippen LogP contribution in [0.1, 0.15) is 11.1 Å². The summed E-state index contributed by atoms with van der Waals surface area (Å²) in [6.07, 6.45) is 3.92. The number of aromatic nitrogens is 1. The number of thioether (sulfide) groups is 1. The van der Waals surface area contributed by atoms with E-state index in [9.17, 15) is 4.79 Å². The normalized spacial score (nSPS) is 15.2. The van der Waals surface area contributed by atoms with Crippen molar-refractivity contribution in [3.05, 3.63) is 104 Å². The molecule has 1 amide bonds. The number of anilines is 1. The number of halogens is 3. The van der Waals surface area contributed by atoms with Crippen LogP contribution in [-0.4, -0.2) is 14.8 Å². The second-order valence-corrected chi connectivity index (χ2v) is 10.4. The molecule has 3 aromatic carbocycles. The summed E-state index contributed by atoms with van der Waals surface area (Å²) in [7, 11) is 0. The Morgan fingerprint density at radius 1 is 0.939 bits per heavy atom. The molecule has 0 radical (unpaired) electrons. The van der Waals surface area contributed by atoms with Crippen molar-refractivity contribution in [2.24, 2.45) is 0 Å². The quantitative estimate of drug-likeness (QED) is 0.197. The lowest BCUT2D eigenvalue weighted by Crippen LogP contribution is -2.27. The van der Waals surface area contributed by atoms with Gasteiger partial charge in [-0.05, 0) is 42.0 Å². The molecule has 0 unspecified atom stereocenters. The van der Waals surface area contributed by atoms with Crippen molar-refractivity contribution in [1.82, 2.24) is 4.57 Å². The maximum Gasteiger partial charge on any atom is 0.270 e. The molecule has 164 valence electrons. The molecular formula is C25H15Cl3N2OS2. The molecule has 1 aromatic heterocycles. The first kappa shape index (κ1) is 22.5. The van der Waals surface area contributed by atoms with E-state index in [4.69, 9.17) is 47.0 Å². The van der Waals surface area contributed by atoms with Gasteiger partial charge in [-0.25, -0.2) is 0 Å². The highest BCUT2D eigenvalue weighted by atomic mass is 35.5. The van der Waals surface area contributed by atoms with E-state index in [2.05, 4.69) is 10.6 Å². The van der Waals surface area contributed by atoms with E-state index < -0.39 is 0 Å². The lowest BCUT2D eigenvalue weighted by molar-refractivity contribution is -0.113. The number of nitrogens with zero attached hydrogens (tertiary/aromatic N) is 2. The molecule has 33 heavy (non-hydrogen) atoms. The zero-order valence-corrected chi connectivity index (χ0v) is 20.9. The summed E-state index contributed by atoms with van der Waals surface area (Å²) in [6, 6.07) is 20.9. The van der Waals surface area contributed by atoms with E-state index in [1.165, 1.54) is 16.7 Å². The van der Waals surface area contributed by atoms with Crippen molar-refractivity contribution in [3.63, 3.8) is 0 Å². The van der Waals surface area contributed by atoms with Crippen LogP contribution in [0.3, 0.4) is 0 Å². The smallest absolute Gasteiger partial charge is 0.270 e. The summed E-state index contributed by atoms with van der Waals surface area (Å²) in [5.74, 6) is -0.211. The number of hydrogen-bond acceptors (Lipinski definition) is 3. The van der Waals surface area contributed by atoms with E-state index in [0.717, 1.165) is 27.1 Å². The van der Waals surface area contributed by atoms with Gasteiger partial charge in [-0.15, -0.1) is 0 Å². The molecule has 1 aliphatic rings. The summed E-state index contributed by atoms with van der Waals surface area (Å²) in [4.78, 5) is 15.3. The average Bonchev–Trinajstić information content (AvgIpc) is 3.27. The van der Waals surface area contributed by atoms with Gasteiger partial charge >= 0.3 is 0 Å². The van der Waals surface area contributed by atoms with Crippen LogP contribution in [-0.2, 0) is 11.3 Å². The highest BCUT2D eigenvalue weighted by molar-refractivity contribution is 8.27. The number of benzene rings is 3. The van der Waals surface area contributed by atoms with Crippen molar-refractivity contribution in [1.29, 1.82) is 0 Å². The molecule has 0 saturated carbocycles. The molecule has 3 nitrogen and oxygen atoms in total. The molecule has 5 rings (SSSR count). The zero-order valence-electron chi connectivity index (χ0n) is 17.0. The molecule has 0 spiro atoms. The van der Waals surface area contributed by atoms with Crippen molar-refractivity contribution in [2.75, 3.05) is 4.90 Å². The predicted octanol–water partition coefficient (Wildman–Crippen LogP) is 8.06. The first-order valence-electron chi connectivity index (χ1n) is 9.96. The van der Waals surface area contributed by atoms with Crippen molar-refractivity contribution in [3.8, 4) is 0 Å². The number of para-hydroxylation sites is 1. The topological polar surface area (TPSA) is 25.2 Å². The van der Waals surface area contributed by atoms with E-state index in [-0.39, 0.29) is 5.91 Å². The molecule has 0 aliphatic carbocycles. The molecule has 4 aromatic rings. The third-order valence-corrected chi connectivity index (χ3v) is 7.56. The SMILES string of the molecule is O=C1/C(=C/c2cn(Cc3ccccc3Cl)c3ccccc23)SC(=S)N1c1ccc(Cl)cc1Cl. The largest absolute Gasteiger partial charge is 0.342 e. The zero-order chi connectivity index (χ0) is 23.1. The molecule has 1 fully saturated rings. The lowest BCUT2D eigenvalue weighted by atomic mass is 10.1. The third kappa shape index (κ3) is 4.32. The van der Waals surface area contributed by atoms with E-state index in [1.807, 2.05) is 54.7 Å². The summed E-state index contributed by atoms with van der Waals surface area (Å²) in [6.45, 7) is 0.620. The number of thiocarbonyl (C=S) groups is 1. The minimum Gasteiger partial charge on any atom is -0.342 e. The minimum atomic E-state index is -0.211. The van der Waals surface area contributed by atoms with Crippen LogP contribution in [0.2, 0.25) is 15.1 Å². The molecule has 0 bridgehead atoms. The van der Waals surface area contributed by atoms with Crippen molar-refractivity contribution >= 4 is 91.7 Å². The summed E-state index contributed by atoms with van der Waals surface area (Å²) >= 11 is 25.5. The Hall–Kier alpha value is -2.28. The maximum absolute atomic E-state index is 13.3. The van der Waals surface area contributed by atoms with Gasteiger partial charge in [0.2, 0.25) is 0 Å². The van der Waals surface area contributed by atoms with Crippen molar-refractivity contribution < 1.29 is 4.79 Å². The first-order chi connectivity index (χ1) is 15.9. The van der Waals surface area contributed by atoms with Gasteiger partial charge in [0.15, 0.2) is 4.32 Å². The summed E-state index contributed by atoms with van der Waals surface area (Å²) < 4.78 is 2.56. The summed E-state index contributed by atoms with van der Waals surface area (Å²) in [5.41, 5.74) is 3.53. The lowest BCUT2D eigenvalue weighted by Gasteiger charge is -2.16. The molecule has 0 N–H and O–H groups in total. The minimum absolute atomic E-state index is 0.211. The molecule has 1 saturated heterocycles. The Morgan fingerprint density at radius 3 is 2.48 bits per heavy atom.